The van der Waals surface area contributed by atoms with Crippen LogP contribution in [-0.2, 0) is 0 Å². The molecule has 1 aliphatic rings. The zero-order valence-electron chi connectivity index (χ0n) is 16.1. The fraction of sp³-hybridized carbons (Fsp3) is 0.857. The minimum Gasteiger partial charge on any atom is -0.329 e. The van der Waals surface area contributed by atoms with Crippen molar-refractivity contribution in [1.29, 1.82) is 0 Å². The standard InChI is InChI=1S/C21H41N3/c1-2-3-4-5-6-7-8-9-10-11-12-13-14-15-16-21-23-18-20-24(21)19-17-22/h2-3,18,21H,4-17,19-20,22H2,1H3/b3-2+. The van der Waals surface area contributed by atoms with Gasteiger partial charge in [-0.15, -0.1) is 0 Å². The van der Waals surface area contributed by atoms with Gasteiger partial charge in [0.1, 0.15) is 6.17 Å². The van der Waals surface area contributed by atoms with Gasteiger partial charge in [-0.3, -0.25) is 9.89 Å². The van der Waals surface area contributed by atoms with Crippen molar-refractivity contribution in [3.63, 3.8) is 0 Å². The van der Waals surface area contributed by atoms with Crippen LogP contribution in [0.2, 0.25) is 0 Å². The van der Waals surface area contributed by atoms with Crippen LogP contribution in [0.5, 0.6) is 0 Å². The SMILES string of the molecule is C/C=C/CCCCCCCCCCCCCC1N=CCN1CCN. The summed E-state index contributed by atoms with van der Waals surface area (Å²) < 4.78 is 0. The first-order valence-electron chi connectivity index (χ1n) is 10.5. The van der Waals surface area contributed by atoms with Gasteiger partial charge in [0.25, 0.3) is 0 Å². The highest BCUT2D eigenvalue weighted by Crippen LogP contribution is 2.16. The molecule has 0 aliphatic carbocycles. The van der Waals surface area contributed by atoms with Gasteiger partial charge in [0.05, 0.1) is 0 Å². The second kappa shape index (κ2) is 15.8. The quantitative estimate of drug-likeness (QED) is 0.307. The fourth-order valence-electron chi connectivity index (χ4n) is 3.50. The molecule has 0 saturated heterocycles. The van der Waals surface area contributed by atoms with E-state index in [4.69, 9.17) is 5.73 Å². The third kappa shape index (κ3) is 11.0. The molecular weight excluding hydrogens is 294 g/mol. The van der Waals surface area contributed by atoms with Gasteiger partial charge in [-0.2, -0.15) is 0 Å². The van der Waals surface area contributed by atoms with Crippen molar-refractivity contribution in [2.45, 2.75) is 96.6 Å². The Morgan fingerprint density at radius 3 is 2.12 bits per heavy atom. The first kappa shape index (κ1) is 21.4. The number of hydrogen-bond donors (Lipinski definition) is 1. The normalized spacial score (nSPS) is 18.2. The molecule has 0 amide bonds. The molecule has 0 spiro atoms. The Morgan fingerprint density at radius 1 is 0.958 bits per heavy atom. The van der Waals surface area contributed by atoms with Crippen molar-refractivity contribution in [1.82, 2.24) is 4.90 Å². The van der Waals surface area contributed by atoms with Crippen molar-refractivity contribution in [2.24, 2.45) is 10.7 Å². The fourth-order valence-corrected chi connectivity index (χ4v) is 3.50. The first-order chi connectivity index (χ1) is 11.9. The smallest absolute Gasteiger partial charge is 0.102 e. The topological polar surface area (TPSA) is 41.6 Å². The van der Waals surface area contributed by atoms with Crippen LogP contribution in [0.25, 0.3) is 0 Å². The Kier molecular flexibility index (Phi) is 14.1. The number of hydrogen-bond acceptors (Lipinski definition) is 3. The molecule has 0 aromatic heterocycles. The van der Waals surface area contributed by atoms with E-state index < -0.39 is 0 Å². The molecule has 0 bridgehead atoms. The van der Waals surface area contributed by atoms with Crippen molar-refractivity contribution >= 4 is 6.21 Å². The first-order valence-corrected chi connectivity index (χ1v) is 10.5. The lowest BCUT2D eigenvalue weighted by atomic mass is 10.0. The summed E-state index contributed by atoms with van der Waals surface area (Å²) in [5.74, 6) is 0. The maximum atomic E-state index is 5.65. The number of unbranched alkanes of at least 4 members (excludes halogenated alkanes) is 11. The molecule has 0 aromatic rings. The van der Waals surface area contributed by atoms with E-state index >= 15 is 0 Å². The van der Waals surface area contributed by atoms with Gasteiger partial charge < -0.3 is 5.73 Å². The summed E-state index contributed by atoms with van der Waals surface area (Å²) in [6.45, 7) is 4.84. The van der Waals surface area contributed by atoms with Crippen molar-refractivity contribution in [2.75, 3.05) is 19.6 Å². The Bertz CT molecular complexity index is 325. The van der Waals surface area contributed by atoms with Crippen LogP contribution in [0.4, 0.5) is 0 Å². The van der Waals surface area contributed by atoms with E-state index in [0.29, 0.717) is 6.17 Å². The van der Waals surface area contributed by atoms with Gasteiger partial charge in [-0.05, 0) is 32.6 Å². The molecule has 1 heterocycles. The molecule has 1 rings (SSSR count). The maximum absolute atomic E-state index is 5.65. The second-order valence-electron chi connectivity index (χ2n) is 7.13. The van der Waals surface area contributed by atoms with Gasteiger partial charge in [0.15, 0.2) is 0 Å². The third-order valence-electron chi connectivity index (χ3n) is 5.00. The average Bonchev–Trinajstić information content (AvgIpc) is 3.03. The van der Waals surface area contributed by atoms with Gasteiger partial charge in [-0.1, -0.05) is 69.9 Å². The highest BCUT2D eigenvalue weighted by atomic mass is 15.3. The predicted molar refractivity (Wildman–Crippen MR) is 108 cm³/mol. The summed E-state index contributed by atoms with van der Waals surface area (Å²) in [5.41, 5.74) is 5.65. The molecule has 2 N–H and O–H groups in total. The number of nitrogens with two attached hydrogens (primary N) is 1. The molecule has 140 valence electrons. The minimum absolute atomic E-state index is 0.418. The number of rotatable bonds is 16. The molecule has 24 heavy (non-hydrogen) atoms. The monoisotopic (exact) mass is 335 g/mol. The van der Waals surface area contributed by atoms with Crippen LogP contribution >= 0.6 is 0 Å². The lowest BCUT2D eigenvalue weighted by Gasteiger charge is -2.21. The van der Waals surface area contributed by atoms with Crippen LogP contribution in [0.15, 0.2) is 17.1 Å². The van der Waals surface area contributed by atoms with Crippen LogP contribution in [-0.4, -0.2) is 36.9 Å². The number of allylic oxidation sites excluding steroid dienone is 2. The van der Waals surface area contributed by atoms with Gasteiger partial charge >= 0.3 is 0 Å². The summed E-state index contributed by atoms with van der Waals surface area (Å²) in [7, 11) is 0. The third-order valence-corrected chi connectivity index (χ3v) is 5.00. The molecular formula is C21H41N3. The van der Waals surface area contributed by atoms with Gasteiger partial charge in [0, 0.05) is 25.8 Å². The second-order valence-corrected chi connectivity index (χ2v) is 7.13. The van der Waals surface area contributed by atoms with Crippen LogP contribution < -0.4 is 5.73 Å². The average molecular weight is 336 g/mol. The van der Waals surface area contributed by atoms with E-state index in [1.54, 1.807) is 0 Å². The highest BCUT2D eigenvalue weighted by Gasteiger charge is 2.19. The number of nitrogens with zero attached hydrogens (tertiary/aromatic N) is 2. The molecule has 1 aliphatic heterocycles. The van der Waals surface area contributed by atoms with E-state index in [1.807, 2.05) is 0 Å². The summed E-state index contributed by atoms with van der Waals surface area (Å²) in [6, 6.07) is 0. The molecule has 3 nitrogen and oxygen atoms in total. The van der Waals surface area contributed by atoms with E-state index in [2.05, 4.69) is 35.2 Å². The van der Waals surface area contributed by atoms with Gasteiger partial charge in [0.2, 0.25) is 0 Å². The van der Waals surface area contributed by atoms with Crippen LogP contribution in [0, 0.1) is 0 Å². The minimum atomic E-state index is 0.418. The van der Waals surface area contributed by atoms with Crippen molar-refractivity contribution in [3.05, 3.63) is 12.2 Å². The Balaban J connectivity index is 1.78. The molecule has 1 atom stereocenters. The Morgan fingerprint density at radius 2 is 1.54 bits per heavy atom. The van der Waals surface area contributed by atoms with E-state index in [9.17, 15) is 0 Å². The summed E-state index contributed by atoms with van der Waals surface area (Å²) in [5, 5.41) is 0. The van der Waals surface area contributed by atoms with Crippen LogP contribution in [0.3, 0.4) is 0 Å². The summed E-state index contributed by atoms with van der Waals surface area (Å²) >= 11 is 0. The van der Waals surface area contributed by atoms with Gasteiger partial charge in [-0.25, -0.2) is 0 Å². The summed E-state index contributed by atoms with van der Waals surface area (Å²) in [4.78, 5) is 6.98. The lowest BCUT2D eigenvalue weighted by Crippen LogP contribution is -2.34. The predicted octanol–water partition coefficient (Wildman–Crippen LogP) is 5.31. The summed E-state index contributed by atoms with van der Waals surface area (Å²) in [6.07, 6.45) is 24.9. The molecule has 0 fully saturated rings. The molecule has 3 heteroatoms. The van der Waals surface area contributed by atoms with Crippen molar-refractivity contribution < 1.29 is 0 Å². The molecule has 1 unspecified atom stereocenters. The largest absolute Gasteiger partial charge is 0.329 e. The highest BCUT2D eigenvalue weighted by molar-refractivity contribution is 5.62. The molecule has 0 radical (unpaired) electrons. The van der Waals surface area contributed by atoms with E-state index in [0.717, 1.165) is 19.6 Å². The Labute approximate surface area is 150 Å². The lowest BCUT2D eigenvalue weighted by molar-refractivity contribution is 0.241. The number of aliphatic imine (C=N–C) groups is 1. The van der Waals surface area contributed by atoms with E-state index in [-0.39, 0.29) is 0 Å². The van der Waals surface area contributed by atoms with Crippen molar-refractivity contribution in [3.8, 4) is 0 Å². The zero-order valence-corrected chi connectivity index (χ0v) is 16.1. The van der Waals surface area contributed by atoms with E-state index in [1.165, 1.54) is 83.5 Å². The maximum Gasteiger partial charge on any atom is 0.102 e. The zero-order chi connectivity index (χ0) is 17.3. The molecule has 0 saturated carbocycles. The molecule has 0 aromatic carbocycles. The van der Waals surface area contributed by atoms with Crippen LogP contribution in [0.1, 0.15) is 90.4 Å². The Hall–Kier alpha value is -0.670.